The summed E-state index contributed by atoms with van der Waals surface area (Å²) in [6.07, 6.45) is -2.24. The van der Waals surface area contributed by atoms with Gasteiger partial charge in [0.2, 0.25) is 0 Å². The van der Waals surface area contributed by atoms with E-state index in [1.165, 1.54) is 12.1 Å². The molecule has 4 heterocycles. The van der Waals surface area contributed by atoms with Crippen molar-refractivity contribution < 1.29 is 17.9 Å². The van der Waals surface area contributed by atoms with Crippen molar-refractivity contribution in [2.24, 2.45) is 13.0 Å². The van der Waals surface area contributed by atoms with Crippen LogP contribution in [0.1, 0.15) is 63.5 Å². The zero-order chi connectivity index (χ0) is 28.9. The second-order valence-corrected chi connectivity index (χ2v) is 11.7. The van der Waals surface area contributed by atoms with Gasteiger partial charge >= 0.3 is 11.9 Å². The SMILES string of the molecule is Cc1nc2c(N3C[C@@H](C)N([C@@H](c4ccc(C(F)(F)F)cc4)C(C)C)C[C@@H]3C)nc(=O)n(C)c2n1C[C@@H]1CCCO1. The highest BCUT2D eigenvalue weighted by molar-refractivity contribution is 5.84. The van der Waals surface area contributed by atoms with E-state index in [1.807, 2.05) is 6.92 Å². The van der Waals surface area contributed by atoms with E-state index in [9.17, 15) is 18.0 Å². The molecule has 0 saturated carbocycles. The molecule has 0 N–H and O–H groups in total. The van der Waals surface area contributed by atoms with Crippen molar-refractivity contribution in [3.8, 4) is 0 Å². The molecule has 2 saturated heterocycles. The standard InChI is InChI=1S/C29H39F3N6O2/c1-17(2)25(21-9-11-22(12-10-21)29(30,31)32)36-14-19(4)37(15-18(36)3)26-24-27(35(6)28(39)34-26)38(20(5)33-24)16-23-8-7-13-40-23/h9-12,17-19,23,25H,7-8,13-16H2,1-6H3/t18-,19+,23+,25-/m1/s1. The van der Waals surface area contributed by atoms with Crippen molar-refractivity contribution in [2.45, 2.75) is 84.4 Å². The number of hydrogen-bond donors (Lipinski definition) is 0. The smallest absolute Gasteiger partial charge is 0.376 e. The molecule has 8 nitrogen and oxygen atoms in total. The van der Waals surface area contributed by atoms with Gasteiger partial charge in [0.1, 0.15) is 17.0 Å². The number of rotatable bonds is 6. The number of benzene rings is 1. The first kappa shape index (κ1) is 28.6. The molecule has 2 aromatic heterocycles. The number of halogens is 3. The van der Waals surface area contributed by atoms with Crippen LogP contribution in [0.25, 0.3) is 11.2 Å². The molecule has 2 aliphatic rings. The van der Waals surface area contributed by atoms with Gasteiger partial charge in [0.05, 0.1) is 18.2 Å². The monoisotopic (exact) mass is 560 g/mol. The van der Waals surface area contributed by atoms with Crippen LogP contribution in [0.5, 0.6) is 0 Å². The summed E-state index contributed by atoms with van der Waals surface area (Å²) in [5, 5.41) is 0. The number of fused-ring (bicyclic) bond motifs is 1. The van der Waals surface area contributed by atoms with Crippen molar-refractivity contribution in [1.82, 2.24) is 24.0 Å². The molecule has 2 aliphatic heterocycles. The topological polar surface area (TPSA) is 68.4 Å². The molecule has 0 aliphatic carbocycles. The molecule has 218 valence electrons. The zero-order valence-corrected chi connectivity index (χ0v) is 24.1. The van der Waals surface area contributed by atoms with Gasteiger partial charge in [-0.2, -0.15) is 18.2 Å². The molecule has 0 spiro atoms. The van der Waals surface area contributed by atoms with Crippen LogP contribution in [0, 0.1) is 12.8 Å². The van der Waals surface area contributed by atoms with E-state index < -0.39 is 11.7 Å². The quantitative estimate of drug-likeness (QED) is 0.426. The van der Waals surface area contributed by atoms with E-state index in [4.69, 9.17) is 9.72 Å². The van der Waals surface area contributed by atoms with Crippen molar-refractivity contribution in [3.05, 3.63) is 51.7 Å². The molecule has 40 heavy (non-hydrogen) atoms. The van der Waals surface area contributed by atoms with E-state index in [2.05, 4.69) is 47.0 Å². The molecule has 0 amide bonds. The number of anilines is 1. The van der Waals surface area contributed by atoms with E-state index in [1.54, 1.807) is 23.7 Å². The molecule has 0 bridgehead atoms. The molecule has 0 radical (unpaired) electrons. The maximum absolute atomic E-state index is 13.2. The number of imidazole rings is 1. The number of ether oxygens (including phenoxy) is 1. The fourth-order valence-electron chi connectivity index (χ4n) is 6.43. The van der Waals surface area contributed by atoms with Crippen LogP contribution in [-0.4, -0.2) is 61.9 Å². The Morgan fingerprint density at radius 1 is 1.07 bits per heavy atom. The Bertz CT molecular complexity index is 1410. The number of aromatic nitrogens is 4. The predicted octanol–water partition coefficient (Wildman–Crippen LogP) is 4.93. The second-order valence-electron chi connectivity index (χ2n) is 11.7. The van der Waals surface area contributed by atoms with E-state index >= 15 is 0 Å². The van der Waals surface area contributed by atoms with E-state index in [-0.39, 0.29) is 35.8 Å². The number of hydrogen-bond acceptors (Lipinski definition) is 6. The molecule has 0 unspecified atom stereocenters. The lowest BCUT2D eigenvalue weighted by Gasteiger charge is -2.49. The summed E-state index contributed by atoms with van der Waals surface area (Å²) >= 11 is 0. The van der Waals surface area contributed by atoms with Crippen LogP contribution in [0.3, 0.4) is 0 Å². The maximum atomic E-state index is 13.2. The van der Waals surface area contributed by atoms with E-state index in [0.717, 1.165) is 36.5 Å². The average molecular weight is 561 g/mol. The predicted molar refractivity (Wildman–Crippen MR) is 148 cm³/mol. The molecule has 3 aromatic rings. The van der Waals surface area contributed by atoms with Crippen molar-refractivity contribution >= 4 is 17.0 Å². The number of aryl methyl sites for hydroxylation is 2. The first-order valence-corrected chi connectivity index (χ1v) is 14.1. The van der Waals surface area contributed by atoms with Crippen molar-refractivity contribution in [2.75, 3.05) is 24.6 Å². The normalized spacial score (nSPS) is 23.4. The summed E-state index contributed by atoms with van der Waals surface area (Å²) in [6, 6.07) is 5.56. The summed E-state index contributed by atoms with van der Waals surface area (Å²) in [7, 11) is 1.73. The third-order valence-corrected chi connectivity index (χ3v) is 8.43. The van der Waals surface area contributed by atoms with Crippen LogP contribution in [0.2, 0.25) is 0 Å². The van der Waals surface area contributed by atoms with Gasteiger partial charge in [-0.1, -0.05) is 26.0 Å². The van der Waals surface area contributed by atoms with Gasteiger partial charge in [-0.25, -0.2) is 9.78 Å². The van der Waals surface area contributed by atoms with Crippen LogP contribution >= 0.6 is 0 Å². The van der Waals surface area contributed by atoms with Crippen LogP contribution in [0.15, 0.2) is 29.1 Å². The lowest BCUT2D eigenvalue weighted by Crippen LogP contribution is -2.58. The zero-order valence-electron chi connectivity index (χ0n) is 24.1. The largest absolute Gasteiger partial charge is 0.416 e. The Morgan fingerprint density at radius 3 is 2.38 bits per heavy atom. The molecule has 2 fully saturated rings. The maximum Gasteiger partial charge on any atom is 0.416 e. The first-order valence-electron chi connectivity index (χ1n) is 14.1. The third kappa shape index (κ3) is 5.25. The van der Waals surface area contributed by atoms with Crippen molar-refractivity contribution in [1.29, 1.82) is 0 Å². The summed E-state index contributed by atoms with van der Waals surface area (Å²) in [6.45, 7) is 13.0. The minimum Gasteiger partial charge on any atom is -0.376 e. The molecule has 4 atom stereocenters. The van der Waals surface area contributed by atoms with Gasteiger partial charge in [0.15, 0.2) is 5.82 Å². The van der Waals surface area contributed by atoms with E-state index in [0.29, 0.717) is 31.0 Å². The Balaban J connectivity index is 1.46. The molecular formula is C29H39F3N6O2. The Labute approximate surface area is 232 Å². The number of piperazine rings is 1. The van der Waals surface area contributed by atoms with Crippen LogP contribution in [-0.2, 0) is 24.5 Å². The lowest BCUT2D eigenvalue weighted by molar-refractivity contribution is -0.137. The number of alkyl halides is 3. The highest BCUT2D eigenvalue weighted by Gasteiger charge is 2.38. The molecule has 1 aromatic carbocycles. The summed E-state index contributed by atoms with van der Waals surface area (Å²) in [4.78, 5) is 27.0. The summed E-state index contributed by atoms with van der Waals surface area (Å²) in [5.41, 5.74) is 1.35. The van der Waals surface area contributed by atoms with Gasteiger partial charge < -0.3 is 14.2 Å². The Kier molecular flexibility index (Phi) is 7.73. The van der Waals surface area contributed by atoms with Gasteiger partial charge in [-0.3, -0.25) is 9.47 Å². The lowest BCUT2D eigenvalue weighted by atomic mass is 9.90. The third-order valence-electron chi connectivity index (χ3n) is 8.43. The summed E-state index contributed by atoms with van der Waals surface area (Å²) in [5.74, 6) is 1.58. The minimum atomic E-state index is -4.36. The van der Waals surface area contributed by atoms with Gasteiger partial charge in [0, 0.05) is 44.9 Å². The fourth-order valence-corrected chi connectivity index (χ4v) is 6.43. The van der Waals surface area contributed by atoms with Crippen LogP contribution < -0.4 is 10.6 Å². The van der Waals surface area contributed by atoms with Gasteiger partial charge in [-0.15, -0.1) is 0 Å². The number of nitrogens with zero attached hydrogens (tertiary/aromatic N) is 6. The average Bonchev–Trinajstić information content (AvgIpc) is 3.51. The van der Waals surface area contributed by atoms with Gasteiger partial charge in [-0.05, 0) is 57.2 Å². The van der Waals surface area contributed by atoms with Crippen molar-refractivity contribution in [3.63, 3.8) is 0 Å². The minimum absolute atomic E-state index is 0.00155. The Morgan fingerprint density at radius 2 is 1.77 bits per heavy atom. The Hall–Kier alpha value is -2.92. The molecule has 5 rings (SSSR count). The highest BCUT2D eigenvalue weighted by Crippen LogP contribution is 2.37. The van der Waals surface area contributed by atoms with Crippen LogP contribution in [0.4, 0.5) is 19.0 Å². The molecular weight excluding hydrogens is 521 g/mol. The highest BCUT2D eigenvalue weighted by atomic mass is 19.4. The first-order chi connectivity index (χ1) is 18.9. The summed E-state index contributed by atoms with van der Waals surface area (Å²) < 4.78 is 49.1. The van der Waals surface area contributed by atoms with Gasteiger partial charge in [0.25, 0.3) is 0 Å². The second kappa shape index (κ2) is 10.8. The fraction of sp³-hybridized carbons (Fsp3) is 0.621. The molecule has 11 heteroatoms.